The number of thiophene rings is 1. The van der Waals surface area contributed by atoms with Crippen molar-refractivity contribution in [2.45, 2.75) is 45.2 Å². The van der Waals surface area contributed by atoms with Crippen LogP contribution in [0.5, 0.6) is 0 Å². The number of pyridine rings is 1. The molecule has 7 nitrogen and oxygen atoms in total. The van der Waals surface area contributed by atoms with Gasteiger partial charge < -0.3 is 15.4 Å². The molecule has 1 fully saturated rings. The number of carbonyl (C=O) groups is 2. The molecule has 1 saturated heterocycles. The third-order valence-electron chi connectivity index (χ3n) is 7.36. The summed E-state index contributed by atoms with van der Waals surface area (Å²) in [5, 5.41) is 16.5. The molecule has 1 atom stereocenters. The summed E-state index contributed by atoms with van der Waals surface area (Å²) in [6, 6.07) is 14.8. The van der Waals surface area contributed by atoms with Crippen LogP contribution in [0.3, 0.4) is 0 Å². The average Bonchev–Trinajstić information content (AvgIpc) is 3.74. The molecule has 0 unspecified atom stereocenters. The van der Waals surface area contributed by atoms with Crippen LogP contribution in [0.25, 0.3) is 10.4 Å². The van der Waals surface area contributed by atoms with Gasteiger partial charge in [-0.25, -0.2) is 18.0 Å². The number of esters is 1. The number of benzene rings is 2. The van der Waals surface area contributed by atoms with Crippen molar-refractivity contribution >= 4 is 23.2 Å². The topological polar surface area (TPSA) is 104 Å². The normalized spacial score (nSPS) is 14.3. The summed E-state index contributed by atoms with van der Waals surface area (Å²) >= 11 is 1.10. The highest BCUT2D eigenvalue weighted by atomic mass is 32.1. The number of nitriles is 1. The van der Waals surface area contributed by atoms with Gasteiger partial charge in [0.2, 0.25) is 0 Å². The fourth-order valence-electron chi connectivity index (χ4n) is 5.21. The first kappa shape index (κ1) is 30.9. The van der Waals surface area contributed by atoms with Crippen molar-refractivity contribution in [1.82, 2.24) is 15.6 Å². The van der Waals surface area contributed by atoms with E-state index in [0.717, 1.165) is 48.4 Å². The predicted molar refractivity (Wildman–Crippen MR) is 160 cm³/mol. The van der Waals surface area contributed by atoms with Crippen molar-refractivity contribution in [3.8, 4) is 16.5 Å². The summed E-state index contributed by atoms with van der Waals surface area (Å²) in [7, 11) is 0. The van der Waals surface area contributed by atoms with Crippen LogP contribution in [-0.4, -0.2) is 30.0 Å². The first-order chi connectivity index (χ1) is 21.3. The van der Waals surface area contributed by atoms with E-state index in [1.165, 1.54) is 18.2 Å². The summed E-state index contributed by atoms with van der Waals surface area (Å²) < 4.78 is 45.8. The van der Waals surface area contributed by atoms with Gasteiger partial charge in [-0.15, -0.1) is 11.3 Å². The number of carbonyl (C=O) groups excluding carboxylic acids is 2. The van der Waals surface area contributed by atoms with Crippen LogP contribution in [0, 0.1) is 28.8 Å². The Kier molecular flexibility index (Phi) is 9.72. The highest BCUT2D eigenvalue weighted by molar-refractivity contribution is 7.17. The molecule has 3 heterocycles. The lowest BCUT2D eigenvalue weighted by molar-refractivity contribution is 0.0524. The lowest BCUT2D eigenvalue weighted by Crippen LogP contribution is -2.22. The van der Waals surface area contributed by atoms with Gasteiger partial charge in [0.05, 0.1) is 40.0 Å². The average molecular weight is 619 g/mol. The zero-order valence-corrected chi connectivity index (χ0v) is 24.7. The van der Waals surface area contributed by atoms with Crippen molar-refractivity contribution in [3.05, 3.63) is 111 Å². The minimum absolute atomic E-state index is 0.0267. The molecule has 1 amide bonds. The predicted octanol–water partition coefficient (Wildman–Crippen LogP) is 6.42. The van der Waals surface area contributed by atoms with Crippen molar-refractivity contribution in [2.75, 3.05) is 13.2 Å². The first-order valence-electron chi connectivity index (χ1n) is 14.2. The molecule has 5 rings (SSSR count). The molecule has 2 N–H and O–H groups in total. The number of amides is 1. The molecule has 0 spiro atoms. The number of nitrogens with one attached hydrogen (secondary N) is 2. The molecule has 0 aliphatic carbocycles. The lowest BCUT2D eigenvalue weighted by Gasteiger charge is -2.20. The number of hydrogen-bond acceptors (Lipinski definition) is 7. The van der Waals surface area contributed by atoms with Crippen LogP contribution < -0.4 is 10.6 Å². The van der Waals surface area contributed by atoms with Crippen molar-refractivity contribution in [1.29, 1.82) is 5.26 Å². The molecule has 226 valence electrons. The molecule has 2 aromatic heterocycles. The SMILES string of the molecule is CCOC(=O)c1c([C@@H]2CCCN2)nc(CCc2ccc(F)cc2)c(C#N)c1-c1ccc(C(=O)NCc2ccc(F)c(F)c2)s1. The summed E-state index contributed by atoms with van der Waals surface area (Å²) in [6.45, 7) is 2.53. The van der Waals surface area contributed by atoms with Gasteiger partial charge in [0.15, 0.2) is 11.6 Å². The molecule has 1 aliphatic heterocycles. The van der Waals surface area contributed by atoms with Gasteiger partial charge in [-0.3, -0.25) is 9.78 Å². The Hall–Kier alpha value is -4.53. The molecule has 2 aromatic carbocycles. The Morgan fingerprint density at radius 1 is 1.07 bits per heavy atom. The second-order valence-corrected chi connectivity index (χ2v) is 11.4. The molecule has 11 heteroatoms. The van der Waals surface area contributed by atoms with Crippen LogP contribution in [0.4, 0.5) is 13.2 Å². The zero-order chi connectivity index (χ0) is 31.2. The van der Waals surface area contributed by atoms with Gasteiger partial charge >= 0.3 is 5.97 Å². The highest BCUT2D eigenvalue weighted by Crippen LogP contribution is 2.39. The quantitative estimate of drug-likeness (QED) is 0.199. The number of halogens is 3. The number of nitrogens with zero attached hydrogens (tertiary/aromatic N) is 2. The summed E-state index contributed by atoms with van der Waals surface area (Å²) in [6.07, 6.45) is 2.47. The van der Waals surface area contributed by atoms with Gasteiger partial charge in [-0.1, -0.05) is 18.2 Å². The fraction of sp³-hybridized carbons (Fsp3) is 0.273. The second kappa shape index (κ2) is 13.8. The van der Waals surface area contributed by atoms with Gasteiger partial charge in [-0.2, -0.15) is 5.26 Å². The molecule has 1 aliphatic rings. The van der Waals surface area contributed by atoms with E-state index in [-0.39, 0.29) is 36.1 Å². The highest BCUT2D eigenvalue weighted by Gasteiger charge is 2.32. The number of aromatic nitrogens is 1. The number of rotatable bonds is 10. The summed E-state index contributed by atoms with van der Waals surface area (Å²) in [5.41, 5.74) is 2.96. The molecule has 44 heavy (non-hydrogen) atoms. The number of ether oxygens (including phenoxy) is 1. The third kappa shape index (κ3) is 6.82. The minimum Gasteiger partial charge on any atom is -0.462 e. The van der Waals surface area contributed by atoms with Crippen LogP contribution in [0.1, 0.15) is 73.9 Å². The maximum atomic E-state index is 13.6. The first-order valence-corrected chi connectivity index (χ1v) is 15.0. The van der Waals surface area contributed by atoms with Crippen molar-refractivity contribution < 1.29 is 27.5 Å². The fourth-order valence-corrected chi connectivity index (χ4v) is 6.19. The van der Waals surface area contributed by atoms with E-state index in [4.69, 9.17) is 9.72 Å². The summed E-state index contributed by atoms with van der Waals surface area (Å²) in [4.78, 5) is 32.2. The van der Waals surface area contributed by atoms with Gasteiger partial charge in [0.1, 0.15) is 11.9 Å². The minimum atomic E-state index is -1.01. The van der Waals surface area contributed by atoms with E-state index < -0.39 is 23.5 Å². The van der Waals surface area contributed by atoms with Crippen LogP contribution in [0.2, 0.25) is 0 Å². The van der Waals surface area contributed by atoms with Crippen molar-refractivity contribution in [2.24, 2.45) is 0 Å². The molecule has 4 aromatic rings. The molecular formula is C33H29F3N4O3S. The van der Waals surface area contributed by atoms with Crippen LogP contribution >= 0.6 is 11.3 Å². The largest absolute Gasteiger partial charge is 0.462 e. The second-order valence-electron chi connectivity index (χ2n) is 10.3. The number of hydrogen-bond donors (Lipinski definition) is 2. The standard InChI is InChI=1S/C33H29F3N4O3S/c1-2-43-33(42)30-29(27-13-14-28(44-27)32(41)39-18-20-7-11-23(35)24(36)16-20)22(17-37)25(40-31(30)26-4-3-15-38-26)12-8-19-5-9-21(34)10-6-19/h5-7,9-11,13-14,16,26,38H,2-4,8,12,15,18H2,1H3,(H,39,41)/t26-/m0/s1. The Labute approximate surface area is 256 Å². The van der Waals surface area contributed by atoms with Gasteiger partial charge in [0.25, 0.3) is 5.91 Å². The maximum absolute atomic E-state index is 13.6. The maximum Gasteiger partial charge on any atom is 0.340 e. The van der Waals surface area contributed by atoms with E-state index in [1.807, 2.05) is 0 Å². The van der Waals surface area contributed by atoms with E-state index in [9.17, 15) is 28.0 Å². The molecule has 0 saturated carbocycles. The zero-order valence-electron chi connectivity index (χ0n) is 23.9. The van der Waals surface area contributed by atoms with E-state index in [0.29, 0.717) is 45.1 Å². The van der Waals surface area contributed by atoms with Crippen LogP contribution in [-0.2, 0) is 24.1 Å². The number of aryl methyl sites for hydroxylation is 2. The molecule has 0 bridgehead atoms. The van der Waals surface area contributed by atoms with Gasteiger partial charge in [0, 0.05) is 17.0 Å². The van der Waals surface area contributed by atoms with E-state index in [2.05, 4.69) is 16.7 Å². The van der Waals surface area contributed by atoms with E-state index in [1.54, 1.807) is 31.2 Å². The van der Waals surface area contributed by atoms with Gasteiger partial charge in [-0.05, 0) is 86.7 Å². The monoisotopic (exact) mass is 618 g/mol. The van der Waals surface area contributed by atoms with E-state index >= 15 is 0 Å². The van der Waals surface area contributed by atoms with Crippen LogP contribution in [0.15, 0.2) is 54.6 Å². The molecule has 0 radical (unpaired) electrons. The smallest absolute Gasteiger partial charge is 0.340 e. The van der Waals surface area contributed by atoms with Crippen molar-refractivity contribution in [3.63, 3.8) is 0 Å². The lowest BCUT2D eigenvalue weighted by atomic mass is 9.92. The summed E-state index contributed by atoms with van der Waals surface area (Å²) in [5.74, 6) is -3.40. The Bertz CT molecular complexity index is 1730. The Morgan fingerprint density at radius 3 is 2.52 bits per heavy atom. The Balaban J connectivity index is 1.55. The molecular weight excluding hydrogens is 589 g/mol. The third-order valence-corrected chi connectivity index (χ3v) is 8.46. The Morgan fingerprint density at radius 2 is 1.84 bits per heavy atom.